The highest BCUT2D eigenvalue weighted by Gasteiger charge is 2.03. The van der Waals surface area contributed by atoms with Gasteiger partial charge in [0, 0.05) is 20.3 Å². The highest BCUT2D eigenvalue weighted by molar-refractivity contribution is 5.79. The Morgan fingerprint density at radius 2 is 2.36 bits per heavy atom. The summed E-state index contributed by atoms with van der Waals surface area (Å²) in [5, 5.41) is 2.68. The smallest absolute Gasteiger partial charge is 0.310 e. The maximum absolute atomic E-state index is 12.5. The minimum atomic E-state index is -0.813. The van der Waals surface area contributed by atoms with Gasteiger partial charge in [-0.15, -0.1) is 0 Å². The lowest BCUT2D eigenvalue weighted by atomic mass is 10.5. The number of carbonyl (C=O) groups is 1. The van der Waals surface area contributed by atoms with E-state index >= 15 is 0 Å². The number of carbonyl (C=O) groups excluding carboxylic acids is 1. The minimum absolute atomic E-state index is 0.0868. The van der Waals surface area contributed by atoms with Crippen LogP contribution in [0.2, 0.25) is 0 Å². The molecule has 0 unspecified atom stereocenters. The number of hydrogen-bond acceptors (Lipinski definition) is 4. The first-order valence-corrected chi connectivity index (χ1v) is 4.02. The fourth-order valence-electron chi connectivity index (χ4n) is 0.758. The molecule has 0 fully saturated rings. The van der Waals surface area contributed by atoms with E-state index in [9.17, 15) is 9.18 Å². The second-order valence-corrected chi connectivity index (χ2v) is 2.85. The zero-order chi connectivity index (χ0) is 10.6. The van der Waals surface area contributed by atoms with Gasteiger partial charge in [0.05, 0.1) is 6.54 Å². The third-order valence-electron chi connectivity index (χ3n) is 1.55. The van der Waals surface area contributed by atoms with E-state index in [2.05, 4.69) is 15.3 Å². The molecule has 0 aliphatic heterocycles. The van der Waals surface area contributed by atoms with Crippen LogP contribution in [0.3, 0.4) is 0 Å². The summed E-state index contributed by atoms with van der Waals surface area (Å²) in [6.45, 7) is 0.0868. The van der Waals surface area contributed by atoms with Crippen LogP contribution in [0.15, 0.2) is 12.3 Å². The maximum atomic E-state index is 12.5. The molecule has 0 radical (unpaired) electrons. The Balaban J connectivity index is 2.50. The summed E-state index contributed by atoms with van der Waals surface area (Å²) >= 11 is 0. The van der Waals surface area contributed by atoms with E-state index in [-0.39, 0.29) is 12.5 Å². The Hall–Kier alpha value is -1.72. The average Bonchev–Trinajstić information content (AvgIpc) is 2.14. The van der Waals surface area contributed by atoms with Crippen LogP contribution in [0.5, 0.6) is 0 Å². The number of likely N-dealkylation sites (N-methyl/N-ethyl adjacent to an activating group) is 1. The van der Waals surface area contributed by atoms with Gasteiger partial charge in [-0.1, -0.05) is 0 Å². The Morgan fingerprint density at radius 1 is 1.64 bits per heavy atom. The topological polar surface area (TPSA) is 58.1 Å². The van der Waals surface area contributed by atoms with Gasteiger partial charge in [-0.2, -0.15) is 9.37 Å². The molecule has 0 saturated carbocycles. The quantitative estimate of drug-likeness (QED) is 0.701. The van der Waals surface area contributed by atoms with Crippen LogP contribution >= 0.6 is 0 Å². The fourth-order valence-corrected chi connectivity index (χ4v) is 0.758. The van der Waals surface area contributed by atoms with Crippen LogP contribution < -0.4 is 5.32 Å². The molecule has 0 spiro atoms. The lowest BCUT2D eigenvalue weighted by molar-refractivity contribution is -0.126. The van der Waals surface area contributed by atoms with Gasteiger partial charge in [-0.05, 0) is 6.07 Å². The summed E-state index contributed by atoms with van der Waals surface area (Å²) in [6.07, 6.45) is 0.470. The molecule has 0 aliphatic rings. The van der Waals surface area contributed by atoms with E-state index < -0.39 is 6.08 Å². The van der Waals surface area contributed by atoms with Crippen molar-refractivity contribution in [2.24, 2.45) is 0 Å². The molecule has 76 valence electrons. The molecule has 1 heterocycles. The number of nitrogens with zero attached hydrogens (tertiary/aromatic N) is 3. The summed E-state index contributed by atoms with van der Waals surface area (Å²) in [5.41, 5.74) is 0. The highest BCUT2D eigenvalue weighted by Crippen LogP contribution is 1.99. The molecule has 1 N–H and O–H groups in total. The standard InChI is InChI=1S/C8H11FN4O/c1-13(2)7(14)5-11-6-3-4-10-8(9)12-6/h3-4H,5H2,1-2H3,(H,10,11,12). The van der Waals surface area contributed by atoms with E-state index in [1.807, 2.05) is 0 Å². The Bertz CT molecular complexity index is 329. The van der Waals surface area contributed by atoms with Gasteiger partial charge >= 0.3 is 6.08 Å². The van der Waals surface area contributed by atoms with Crippen molar-refractivity contribution < 1.29 is 9.18 Å². The van der Waals surface area contributed by atoms with Gasteiger partial charge in [0.25, 0.3) is 0 Å². The largest absolute Gasteiger partial charge is 0.361 e. The van der Waals surface area contributed by atoms with Crippen molar-refractivity contribution in [2.45, 2.75) is 0 Å². The third-order valence-corrected chi connectivity index (χ3v) is 1.55. The SMILES string of the molecule is CN(C)C(=O)CNc1ccnc(F)n1. The summed E-state index contributed by atoms with van der Waals surface area (Å²) in [4.78, 5) is 19.3. The molecule has 0 atom stereocenters. The fraction of sp³-hybridized carbons (Fsp3) is 0.375. The van der Waals surface area contributed by atoms with Crippen LogP contribution in [0.1, 0.15) is 0 Å². The Kier molecular flexibility index (Phi) is 3.33. The number of nitrogens with one attached hydrogen (secondary N) is 1. The average molecular weight is 198 g/mol. The molecule has 0 aromatic carbocycles. The molecular formula is C8H11FN4O. The minimum Gasteiger partial charge on any atom is -0.361 e. The zero-order valence-electron chi connectivity index (χ0n) is 7.99. The molecule has 1 aromatic heterocycles. The van der Waals surface area contributed by atoms with Gasteiger partial charge in [0.15, 0.2) is 0 Å². The first-order valence-electron chi connectivity index (χ1n) is 4.02. The monoisotopic (exact) mass is 198 g/mol. The van der Waals surface area contributed by atoms with Gasteiger partial charge in [-0.3, -0.25) is 4.79 Å². The maximum Gasteiger partial charge on any atom is 0.310 e. The van der Waals surface area contributed by atoms with Crippen molar-refractivity contribution in [3.8, 4) is 0 Å². The first-order chi connectivity index (χ1) is 6.59. The molecule has 0 bridgehead atoms. The number of amides is 1. The van der Waals surface area contributed by atoms with Crippen molar-refractivity contribution >= 4 is 11.7 Å². The number of hydrogen-bond donors (Lipinski definition) is 1. The summed E-state index contributed by atoms with van der Waals surface area (Å²) in [7, 11) is 3.29. The molecule has 5 nitrogen and oxygen atoms in total. The van der Waals surface area contributed by atoms with Crippen molar-refractivity contribution in [2.75, 3.05) is 26.0 Å². The van der Waals surface area contributed by atoms with E-state index in [0.717, 1.165) is 0 Å². The zero-order valence-corrected chi connectivity index (χ0v) is 7.99. The van der Waals surface area contributed by atoms with Crippen LogP contribution in [0.25, 0.3) is 0 Å². The van der Waals surface area contributed by atoms with Crippen molar-refractivity contribution in [1.29, 1.82) is 0 Å². The van der Waals surface area contributed by atoms with Gasteiger partial charge in [0.2, 0.25) is 5.91 Å². The normalized spacial score (nSPS) is 9.64. The third kappa shape index (κ3) is 2.96. The van der Waals surface area contributed by atoms with Crippen molar-refractivity contribution in [3.63, 3.8) is 0 Å². The lowest BCUT2D eigenvalue weighted by Crippen LogP contribution is -2.28. The van der Waals surface area contributed by atoms with Gasteiger partial charge < -0.3 is 10.2 Å². The van der Waals surface area contributed by atoms with Crippen LogP contribution in [0.4, 0.5) is 10.2 Å². The predicted octanol–water partition coefficient (Wildman–Crippen LogP) is 0.116. The molecule has 1 amide bonds. The molecular weight excluding hydrogens is 187 g/mol. The molecule has 0 aliphatic carbocycles. The van der Waals surface area contributed by atoms with E-state index in [0.29, 0.717) is 5.82 Å². The number of anilines is 1. The lowest BCUT2D eigenvalue weighted by Gasteiger charge is -2.10. The molecule has 1 rings (SSSR count). The number of halogens is 1. The van der Waals surface area contributed by atoms with E-state index in [1.54, 1.807) is 14.1 Å². The van der Waals surface area contributed by atoms with Gasteiger partial charge in [-0.25, -0.2) is 4.98 Å². The highest BCUT2D eigenvalue weighted by atomic mass is 19.1. The second-order valence-electron chi connectivity index (χ2n) is 2.85. The Labute approximate surface area is 81.0 Å². The first kappa shape index (κ1) is 10.4. The van der Waals surface area contributed by atoms with Crippen LogP contribution in [0, 0.1) is 6.08 Å². The molecule has 6 heteroatoms. The van der Waals surface area contributed by atoms with E-state index in [4.69, 9.17) is 0 Å². The van der Waals surface area contributed by atoms with Crippen LogP contribution in [-0.4, -0.2) is 41.4 Å². The molecule has 14 heavy (non-hydrogen) atoms. The Morgan fingerprint density at radius 3 is 2.93 bits per heavy atom. The second kappa shape index (κ2) is 4.50. The number of aromatic nitrogens is 2. The number of rotatable bonds is 3. The van der Waals surface area contributed by atoms with Crippen molar-refractivity contribution in [1.82, 2.24) is 14.9 Å². The summed E-state index contributed by atoms with van der Waals surface area (Å²) < 4.78 is 12.5. The summed E-state index contributed by atoms with van der Waals surface area (Å²) in [5.74, 6) is 0.191. The van der Waals surface area contributed by atoms with E-state index in [1.165, 1.54) is 17.2 Å². The summed E-state index contributed by atoms with van der Waals surface area (Å²) in [6, 6.07) is 1.49. The predicted molar refractivity (Wildman–Crippen MR) is 49.2 cm³/mol. The van der Waals surface area contributed by atoms with Crippen molar-refractivity contribution in [3.05, 3.63) is 18.3 Å². The molecule has 1 aromatic rings. The van der Waals surface area contributed by atoms with Gasteiger partial charge in [0.1, 0.15) is 5.82 Å². The van der Waals surface area contributed by atoms with Crippen LogP contribution in [-0.2, 0) is 4.79 Å². The molecule has 0 saturated heterocycles.